The largest absolute Gasteiger partial charge is 0.466 e. The van der Waals surface area contributed by atoms with Crippen LogP contribution < -0.4 is 14.9 Å². The Morgan fingerprint density at radius 3 is 2.52 bits per heavy atom. The molecule has 10 heteroatoms. The molecule has 228 valence electrons. The van der Waals surface area contributed by atoms with Gasteiger partial charge in [-0.2, -0.15) is 0 Å². The van der Waals surface area contributed by atoms with Gasteiger partial charge in [0.05, 0.1) is 41.1 Å². The number of allylic oxidation sites excluding steroid dienone is 1. The van der Waals surface area contributed by atoms with Crippen molar-refractivity contribution in [3.63, 3.8) is 0 Å². The zero-order valence-electron chi connectivity index (χ0n) is 25.6. The summed E-state index contributed by atoms with van der Waals surface area (Å²) in [6.45, 7) is 8.13. The van der Waals surface area contributed by atoms with Gasteiger partial charge in [-0.3, -0.25) is 9.36 Å². The van der Waals surface area contributed by atoms with Gasteiger partial charge in [0.1, 0.15) is 5.00 Å². The molecular weight excluding hydrogens is 595 g/mol. The van der Waals surface area contributed by atoms with Gasteiger partial charge in [0, 0.05) is 16.3 Å². The lowest BCUT2D eigenvalue weighted by atomic mass is 9.95. The molecule has 4 aromatic rings. The first kappa shape index (κ1) is 30.0. The first-order valence-corrected chi connectivity index (χ1v) is 16.6. The van der Waals surface area contributed by atoms with E-state index in [1.807, 2.05) is 70.2 Å². The molecule has 0 N–H and O–H groups in total. The number of rotatable bonds is 7. The number of carbonyl (C=O) groups is 2. The predicted molar refractivity (Wildman–Crippen MR) is 173 cm³/mol. The number of aromatic nitrogens is 2. The summed E-state index contributed by atoms with van der Waals surface area (Å²) in [4.78, 5) is 47.0. The lowest BCUT2D eigenvalue weighted by Crippen LogP contribution is -2.40. The highest BCUT2D eigenvalue weighted by Gasteiger charge is 2.34. The fourth-order valence-electron chi connectivity index (χ4n) is 6.33. The van der Waals surface area contributed by atoms with Gasteiger partial charge in [0.25, 0.3) is 5.56 Å². The van der Waals surface area contributed by atoms with Crippen molar-refractivity contribution in [2.75, 3.05) is 13.7 Å². The number of fused-ring (bicyclic) bond motifs is 2. The monoisotopic (exact) mass is 629 g/mol. The Morgan fingerprint density at radius 1 is 1.07 bits per heavy atom. The Morgan fingerprint density at radius 2 is 1.82 bits per heavy atom. The fraction of sp³-hybridized carbons (Fsp3) is 0.353. The average molecular weight is 630 g/mol. The van der Waals surface area contributed by atoms with E-state index in [1.54, 1.807) is 15.9 Å². The zero-order valence-corrected chi connectivity index (χ0v) is 27.2. The van der Waals surface area contributed by atoms with Crippen LogP contribution in [0.25, 0.3) is 11.1 Å². The molecule has 1 aliphatic carbocycles. The minimum absolute atomic E-state index is 0.220. The number of thiazole rings is 1. The van der Waals surface area contributed by atoms with Crippen LogP contribution in [0.15, 0.2) is 57.5 Å². The van der Waals surface area contributed by atoms with Gasteiger partial charge in [-0.25, -0.2) is 14.6 Å². The standard InChI is InChI=1S/C34H35N3O5S2/c1-6-24-28(32(39)41-5)29(21-13-9-8-10-14-21)37-30(38)26(44-34(37)35-24)18-22-17-19(3)36(20(22)4)31-27(33(40)42-7-2)23-15-11-12-16-25(23)43-31/h8-10,13-14,17-18,29H,6-7,11-12,15-16H2,1-5H3/b26-18-/t29-/m0/s1. The van der Waals surface area contributed by atoms with Crippen molar-refractivity contribution >= 4 is 40.7 Å². The normalized spacial score (nSPS) is 16.4. The fourth-order valence-corrected chi connectivity index (χ4v) is 8.82. The summed E-state index contributed by atoms with van der Waals surface area (Å²) < 4.78 is 14.9. The van der Waals surface area contributed by atoms with Crippen molar-refractivity contribution in [2.24, 2.45) is 4.99 Å². The number of carbonyl (C=O) groups excluding carboxylic acids is 2. The van der Waals surface area contributed by atoms with E-state index in [0.717, 1.165) is 58.8 Å². The summed E-state index contributed by atoms with van der Waals surface area (Å²) in [5.74, 6) is -0.772. The minimum Gasteiger partial charge on any atom is -0.466 e. The molecule has 0 unspecified atom stereocenters. The third-order valence-corrected chi connectivity index (χ3v) is 10.6. The molecule has 0 radical (unpaired) electrons. The summed E-state index contributed by atoms with van der Waals surface area (Å²) >= 11 is 2.98. The van der Waals surface area contributed by atoms with Crippen LogP contribution in [0.1, 0.15) is 82.5 Å². The molecule has 2 aliphatic rings. The van der Waals surface area contributed by atoms with E-state index in [1.165, 1.54) is 23.3 Å². The maximum absolute atomic E-state index is 14.1. The second-order valence-corrected chi connectivity index (χ2v) is 13.1. The van der Waals surface area contributed by atoms with Crippen molar-refractivity contribution in [1.82, 2.24) is 9.13 Å². The maximum atomic E-state index is 14.1. The Bertz CT molecular complexity index is 1990. The van der Waals surface area contributed by atoms with E-state index in [0.29, 0.717) is 39.2 Å². The van der Waals surface area contributed by atoms with Crippen molar-refractivity contribution in [3.8, 4) is 5.00 Å². The highest BCUT2D eigenvalue weighted by atomic mass is 32.1. The van der Waals surface area contributed by atoms with E-state index in [9.17, 15) is 14.4 Å². The van der Waals surface area contributed by atoms with Gasteiger partial charge in [0.15, 0.2) is 4.80 Å². The van der Waals surface area contributed by atoms with Gasteiger partial charge in [-0.1, -0.05) is 48.6 Å². The smallest absolute Gasteiger partial charge is 0.341 e. The second kappa shape index (κ2) is 12.2. The molecule has 0 fully saturated rings. The molecular formula is C34H35N3O5S2. The summed E-state index contributed by atoms with van der Waals surface area (Å²) in [5, 5.41) is 0.880. The number of methoxy groups -OCH3 is 1. The number of thiophene rings is 1. The SMILES string of the molecule is CCOC(=O)c1c(-n2c(C)cc(/C=c3\sc4n(c3=O)[C@@H](c3ccccc3)C(C(=O)OC)=C(CC)N=4)c2C)sc2c1CCCC2. The summed E-state index contributed by atoms with van der Waals surface area (Å²) in [6, 6.07) is 10.9. The Labute approximate surface area is 263 Å². The van der Waals surface area contributed by atoms with Crippen molar-refractivity contribution in [2.45, 2.75) is 65.8 Å². The molecule has 0 saturated heterocycles. The molecule has 4 heterocycles. The first-order chi connectivity index (χ1) is 21.3. The van der Waals surface area contributed by atoms with Crippen LogP contribution in [-0.2, 0) is 27.1 Å². The van der Waals surface area contributed by atoms with Crippen LogP contribution in [0.3, 0.4) is 0 Å². The van der Waals surface area contributed by atoms with Gasteiger partial charge >= 0.3 is 11.9 Å². The number of aryl methyl sites for hydroxylation is 2. The molecule has 1 atom stereocenters. The molecule has 44 heavy (non-hydrogen) atoms. The quantitative estimate of drug-likeness (QED) is 0.258. The van der Waals surface area contributed by atoms with E-state index < -0.39 is 12.0 Å². The highest BCUT2D eigenvalue weighted by molar-refractivity contribution is 7.15. The number of hydrogen-bond donors (Lipinski definition) is 0. The summed E-state index contributed by atoms with van der Waals surface area (Å²) in [5.41, 5.74) is 6.16. The number of esters is 2. The number of nitrogens with zero attached hydrogens (tertiary/aromatic N) is 3. The van der Waals surface area contributed by atoms with Crippen LogP contribution in [0.4, 0.5) is 0 Å². The molecule has 1 aromatic carbocycles. The zero-order chi connectivity index (χ0) is 31.1. The van der Waals surface area contributed by atoms with Crippen LogP contribution in [-0.4, -0.2) is 34.8 Å². The molecule has 0 spiro atoms. The Kier molecular flexibility index (Phi) is 8.30. The van der Waals surface area contributed by atoms with Crippen LogP contribution in [0.2, 0.25) is 0 Å². The predicted octanol–water partition coefficient (Wildman–Crippen LogP) is 5.32. The number of benzene rings is 1. The van der Waals surface area contributed by atoms with Gasteiger partial charge in [0.2, 0.25) is 0 Å². The summed E-state index contributed by atoms with van der Waals surface area (Å²) in [6.07, 6.45) is 6.45. The lowest BCUT2D eigenvalue weighted by Gasteiger charge is -2.25. The first-order valence-electron chi connectivity index (χ1n) is 15.0. The lowest BCUT2D eigenvalue weighted by molar-refractivity contribution is -0.136. The van der Waals surface area contributed by atoms with Gasteiger partial charge in [-0.15, -0.1) is 11.3 Å². The van der Waals surface area contributed by atoms with Crippen molar-refractivity contribution in [3.05, 3.63) is 106 Å². The molecule has 6 rings (SSSR count). The number of ether oxygens (including phenoxy) is 2. The number of hydrogen-bond acceptors (Lipinski definition) is 8. The van der Waals surface area contributed by atoms with E-state index in [2.05, 4.69) is 4.57 Å². The summed E-state index contributed by atoms with van der Waals surface area (Å²) in [7, 11) is 1.35. The third kappa shape index (κ3) is 4.99. The Balaban J connectivity index is 1.52. The molecule has 3 aromatic heterocycles. The molecule has 8 nitrogen and oxygen atoms in total. The molecule has 0 bridgehead atoms. The topological polar surface area (TPSA) is 91.9 Å². The van der Waals surface area contributed by atoms with E-state index >= 15 is 0 Å². The van der Waals surface area contributed by atoms with E-state index in [4.69, 9.17) is 14.5 Å². The van der Waals surface area contributed by atoms with Crippen LogP contribution in [0.5, 0.6) is 0 Å². The minimum atomic E-state index is -0.644. The van der Waals surface area contributed by atoms with Crippen LogP contribution in [0, 0.1) is 13.8 Å². The van der Waals surface area contributed by atoms with Crippen LogP contribution >= 0.6 is 22.7 Å². The van der Waals surface area contributed by atoms with E-state index in [-0.39, 0.29) is 11.5 Å². The van der Waals surface area contributed by atoms with Gasteiger partial charge in [-0.05, 0) is 81.7 Å². The average Bonchev–Trinajstić information content (AvgIpc) is 3.66. The van der Waals surface area contributed by atoms with Crippen molar-refractivity contribution < 1.29 is 19.1 Å². The third-order valence-electron chi connectivity index (χ3n) is 8.36. The molecule has 0 amide bonds. The maximum Gasteiger partial charge on any atom is 0.341 e. The molecule has 0 saturated carbocycles. The Hall–Kier alpha value is -4.02. The van der Waals surface area contributed by atoms with Gasteiger partial charge < -0.3 is 14.0 Å². The second-order valence-electron chi connectivity index (χ2n) is 11.0. The molecule has 1 aliphatic heterocycles. The highest BCUT2D eigenvalue weighted by Crippen LogP contribution is 2.39. The van der Waals surface area contributed by atoms with Crippen molar-refractivity contribution in [1.29, 1.82) is 0 Å².